The summed E-state index contributed by atoms with van der Waals surface area (Å²) < 4.78 is 5.69. The van der Waals surface area contributed by atoms with Gasteiger partial charge in [-0.25, -0.2) is 0 Å². The molecule has 0 unspecified atom stereocenters. The van der Waals surface area contributed by atoms with Crippen LogP contribution in [0.25, 0.3) is 0 Å². The van der Waals surface area contributed by atoms with Gasteiger partial charge in [-0.1, -0.05) is 31.3 Å². The van der Waals surface area contributed by atoms with Crippen LogP contribution in [0, 0.1) is 5.41 Å². The first-order valence-corrected chi connectivity index (χ1v) is 9.58. The third kappa shape index (κ3) is 2.64. The zero-order chi connectivity index (χ0) is 15.9. The average molecular weight is 318 g/mol. The van der Waals surface area contributed by atoms with E-state index in [1.54, 1.807) is 0 Å². The standard InChI is InChI=1S/C19H30N2O2/c1-2-19(13-22)11-15-8-9-18(19)21(15)12-16-10-17(20-23-16)14-6-4-3-5-7-14/h10,14-15,18,22H,2-9,11-13H2,1H3/t15-,18+,19-/m1/s1. The Hall–Kier alpha value is -0.870. The second-order valence-electron chi connectivity index (χ2n) is 8.05. The van der Waals surface area contributed by atoms with Crippen LogP contribution >= 0.6 is 0 Å². The molecule has 0 aromatic carbocycles. The summed E-state index contributed by atoms with van der Waals surface area (Å²) >= 11 is 0. The fourth-order valence-electron chi connectivity index (χ4n) is 5.49. The molecule has 4 heteroatoms. The normalized spacial score (nSPS) is 35.2. The Morgan fingerprint density at radius 3 is 2.78 bits per heavy atom. The molecule has 2 bridgehead atoms. The van der Waals surface area contributed by atoms with Crippen LogP contribution in [-0.4, -0.2) is 33.9 Å². The lowest BCUT2D eigenvalue weighted by molar-refractivity contribution is 0.0692. The van der Waals surface area contributed by atoms with E-state index in [4.69, 9.17) is 4.52 Å². The molecule has 3 fully saturated rings. The molecule has 128 valence electrons. The topological polar surface area (TPSA) is 49.5 Å². The summed E-state index contributed by atoms with van der Waals surface area (Å²) in [6, 6.07) is 3.35. The lowest BCUT2D eigenvalue weighted by Gasteiger charge is -2.35. The Kier molecular flexibility index (Phi) is 4.22. The van der Waals surface area contributed by atoms with Gasteiger partial charge in [0, 0.05) is 29.5 Å². The molecule has 3 aliphatic rings. The van der Waals surface area contributed by atoms with E-state index in [2.05, 4.69) is 23.0 Å². The van der Waals surface area contributed by atoms with Gasteiger partial charge in [-0.15, -0.1) is 0 Å². The maximum atomic E-state index is 9.93. The second-order valence-corrected chi connectivity index (χ2v) is 8.05. The van der Waals surface area contributed by atoms with Crippen molar-refractivity contribution in [3.63, 3.8) is 0 Å². The molecular weight excluding hydrogens is 288 g/mol. The van der Waals surface area contributed by atoms with Gasteiger partial charge in [0.2, 0.25) is 0 Å². The van der Waals surface area contributed by atoms with Gasteiger partial charge in [0.25, 0.3) is 0 Å². The minimum Gasteiger partial charge on any atom is -0.396 e. The van der Waals surface area contributed by atoms with Crippen molar-refractivity contribution in [1.29, 1.82) is 0 Å². The highest BCUT2D eigenvalue weighted by Gasteiger charge is 2.54. The summed E-state index contributed by atoms with van der Waals surface area (Å²) in [5, 5.41) is 14.3. The lowest BCUT2D eigenvalue weighted by atomic mass is 9.72. The highest BCUT2D eigenvalue weighted by atomic mass is 16.5. The molecule has 1 saturated carbocycles. The molecule has 3 atom stereocenters. The first kappa shape index (κ1) is 15.6. The number of fused-ring (bicyclic) bond motifs is 2. The number of rotatable bonds is 5. The van der Waals surface area contributed by atoms with Crippen molar-refractivity contribution < 1.29 is 9.63 Å². The molecule has 4 nitrogen and oxygen atoms in total. The van der Waals surface area contributed by atoms with Crippen LogP contribution in [0.2, 0.25) is 0 Å². The summed E-state index contributed by atoms with van der Waals surface area (Å²) in [6.45, 7) is 3.42. The molecule has 3 heterocycles. The minimum absolute atomic E-state index is 0.120. The number of aliphatic hydroxyl groups excluding tert-OH is 1. The Morgan fingerprint density at radius 1 is 1.26 bits per heavy atom. The molecule has 2 aliphatic heterocycles. The molecule has 1 N–H and O–H groups in total. The van der Waals surface area contributed by atoms with E-state index in [1.807, 2.05) is 0 Å². The number of nitrogens with zero attached hydrogens (tertiary/aromatic N) is 2. The Balaban J connectivity index is 1.46. The van der Waals surface area contributed by atoms with Crippen LogP contribution < -0.4 is 0 Å². The second kappa shape index (κ2) is 6.21. The number of hydrogen-bond donors (Lipinski definition) is 1. The van der Waals surface area contributed by atoms with Gasteiger partial charge in [0.1, 0.15) is 0 Å². The van der Waals surface area contributed by atoms with Crippen molar-refractivity contribution >= 4 is 0 Å². The summed E-state index contributed by atoms with van der Waals surface area (Å²) in [5.41, 5.74) is 1.30. The van der Waals surface area contributed by atoms with Crippen LogP contribution in [0.15, 0.2) is 10.6 Å². The van der Waals surface area contributed by atoms with E-state index >= 15 is 0 Å². The van der Waals surface area contributed by atoms with Gasteiger partial charge >= 0.3 is 0 Å². The zero-order valence-corrected chi connectivity index (χ0v) is 14.3. The molecule has 23 heavy (non-hydrogen) atoms. The average Bonchev–Trinajstić information content (AvgIpc) is 3.30. The number of aromatic nitrogens is 1. The molecule has 1 aromatic heterocycles. The highest BCUT2D eigenvalue weighted by molar-refractivity contribution is 5.14. The minimum atomic E-state index is 0.120. The van der Waals surface area contributed by atoms with Crippen LogP contribution in [0.3, 0.4) is 0 Å². The SMILES string of the molecule is CC[C@]1(CO)C[C@H]2CC[C@@H]1N2Cc1cc(C2CCCCC2)no1. The molecule has 0 spiro atoms. The summed E-state index contributed by atoms with van der Waals surface area (Å²) in [7, 11) is 0. The fraction of sp³-hybridized carbons (Fsp3) is 0.842. The van der Waals surface area contributed by atoms with E-state index in [9.17, 15) is 5.11 Å². The predicted octanol–water partition coefficient (Wildman–Crippen LogP) is 3.85. The van der Waals surface area contributed by atoms with Gasteiger partial charge in [-0.05, 0) is 38.5 Å². The van der Waals surface area contributed by atoms with E-state index in [0.717, 1.165) is 25.1 Å². The van der Waals surface area contributed by atoms with Gasteiger partial charge in [0.05, 0.1) is 18.8 Å². The van der Waals surface area contributed by atoms with E-state index in [1.165, 1.54) is 50.6 Å². The largest absolute Gasteiger partial charge is 0.396 e. The third-order valence-electron chi connectivity index (χ3n) is 6.95. The zero-order valence-electron chi connectivity index (χ0n) is 14.3. The molecule has 1 aliphatic carbocycles. The molecule has 0 amide bonds. The van der Waals surface area contributed by atoms with Crippen molar-refractivity contribution in [3.8, 4) is 0 Å². The van der Waals surface area contributed by atoms with Crippen LogP contribution in [0.5, 0.6) is 0 Å². The number of hydrogen-bond acceptors (Lipinski definition) is 4. The van der Waals surface area contributed by atoms with Gasteiger partial charge in [0.15, 0.2) is 5.76 Å². The maximum Gasteiger partial charge on any atom is 0.151 e. The van der Waals surface area contributed by atoms with E-state index in [0.29, 0.717) is 24.6 Å². The number of aliphatic hydroxyl groups is 1. The van der Waals surface area contributed by atoms with E-state index < -0.39 is 0 Å². The van der Waals surface area contributed by atoms with Gasteiger partial charge in [-0.2, -0.15) is 0 Å². The van der Waals surface area contributed by atoms with Gasteiger partial charge < -0.3 is 9.63 Å². The third-order valence-corrected chi connectivity index (χ3v) is 6.95. The molecular formula is C19H30N2O2. The molecule has 1 aromatic rings. The maximum absolute atomic E-state index is 9.93. The summed E-state index contributed by atoms with van der Waals surface area (Å²) in [5.74, 6) is 1.64. The first-order valence-electron chi connectivity index (χ1n) is 9.58. The Bertz CT molecular complexity index is 531. The molecule has 2 saturated heterocycles. The van der Waals surface area contributed by atoms with Gasteiger partial charge in [-0.3, -0.25) is 4.90 Å². The Labute approximate surface area is 139 Å². The monoisotopic (exact) mass is 318 g/mol. The fourth-order valence-corrected chi connectivity index (χ4v) is 5.49. The summed E-state index contributed by atoms with van der Waals surface area (Å²) in [6.07, 6.45) is 11.3. The van der Waals surface area contributed by atoms with Crippen molar-refractivity contribution in [2.75, 3.05) is 6.61 Å². The lowest BCUT2D eigenvalue weighted by Crippen LogP contribution is -2.39. The van der Waals surface area contributed by atoms with Crippen molar-refractivity contribution in [2.24, 2.45) is 5.41 Å². The van der Waals surface area contributed by atoms with Crippen LogP contribution in [0.4, 0.5) is 0 Å². The van der Waals surface area contributed by atoms with Crippen molar-refractivity contribution in [2.45, 2.75) is 89.3 Å². The first-order chi connectivity index (χ1) is 11.3. The predicted molar refractivity (Wildman–Crippen MR) is 89.1 cm³/mol. The molecule has 0 radical (unpaired) electrons. The summed E-state index contributed by atoms with van der Waals surface area (Å²) in [4.78, 5) is 2.59. The molecule has 4 rings (SSSR count). The van der Waals surface area contributed by atoms with Crippen molar-refractivity contribution in [3.05, 3.63) is 17.5 Å². The highest BCUT2D eigenvalue weighted by Crippen LogP contribution is 2.51. The van der Waals surface area contributed by atoms with Crippen LogP contribution in [-0.2, 0) is 6.54 Å². The smallest absolute Gasteiger partial charge is 0.151 e. The van der Waals surface area contributed by atoms with Crippen LogP contribution in [0.1, 0.15) is 82.1 Å². The van der Waals surface area contributed by atoms with E-state index in [-0.39, 0.29) is 5.41 Å². The van der Waals surface area contributed by atoms with Crippen molar-refractivity contribution in [1.82, 2.24) is 10.1 Å². The Morgan fingerprint density at radius 2 is 2.09 bits per heavy atom. The quantitative estimate of drug-likeness (QED) is 0.896.